The van der Waals surface area contributed by atoms with Crippen molar-refractivity contribution in [3.05, 3.63) is 36.3 Å². The van der Waals surface area contributed by atoms with E-state index in [1.807, 2.05) is 18.2 Å². The Morgan fingerprint density at radius 2 is 2.02 bits per heavy atom. The second-order valence-corrected chi connectivity index (χ2v) is 12.2. The quantitative estimate of drug-likeness (QED) is 0.454. The number of anilines is 3. The molecular weight excluding hydrogens is 508 g/mol. The summed E-state index contributed by atoms with van der Waals surface area (Å²) in [6.07, 6.45) is 10.7. The number of pyridine rings is 1. The molecule has 2 amide bonds. The highest BCUT2D eigenvalue weighted by molar-refractivity contribution is 5.98. The van der Waals surface area contributed by atoms with Crippen LogP contribution >= 0.6 is 0 Å². The lowest BCUT2D eigenvalue weighted by Crippen LogP contribution is -2.74. The molecule has 11 heteroatoms. The van der Waals surface area contributed by atoms with Crippen LogP contribution in [0.15, 0.2) is 30.6 Å². The van der Waals surface area contributed by atoms with E-state index in [9.17, 15) is 9.59 Å². The first-order chi connectivity index (χ1) is 19.3. The van der Waals surface area contributed by atoms with E-state index in [4.69, 9.17) is 9.72 Å². The topological polar surface area (TPSA) is 118 Å². The minimum Gasteiger partial charge on any atom is -0.444 e. The summed E-state index contributed by atoms with van der Waals surface area (Å²) in [5, 5.41) is 7.65. The van der Waals surface area contributed by atoms with Crippen molar-refractivity contribution in [2.45, 2.75) is 76.1 Å². The van der Waals surface area contributed by atoms with Crippen LogP contribution in [0.25, 0.3) is 11.0 Å². The third kappa shape index (κ3) is 4.09. The van der Waals surface area contributed by atoms with Gasteiger partial charge >= 0.3 is 6.09 Å². The fraction of sp³-hybridized carbons (Fsp3) is 0.552. The summed E-state index contributed by atoms with van der Waals surface area (Å²) in [4.78, 5) is 42.7. The molecule has 0 aromatic carbocycles. The van der Waals surface area contributed by atoms with Crippen molar-refractivity contribution >= 4 is 40.5 Å². The van der Waals surface area contributed by atoms with E-state index in [1.54, 1.807) is 36.3 Å². The number of cyclic esters (lactones) is 1. The number of aromatic nitrogens is 4. The molecule has 0 radical (unpaired) electrons. The summed E-state index contributed by atoms with van der Waals surface area (Å²) in [5.41, 5.74) is 2.46. The summed E-state index contributed by atoms with van der Waals surface area (Å²) in [6.45, 7) is 2.86. The van der Waals surface area contributed by atoms with Gasteiger partial charge in [0.25, 0.3) is 5.91 Å². The molecule has 2 aliphatic heterocycles. The van der Waals surface area contributed by atoms with Crippen LogP contribution in [-0.2, 0) is 4.74 Å². The molecule has 4 aliphatic rings. The summed E-state index contributed by atoms with van der Waals surface area (Å²) < 4.78 is 7.79. The van der Waals surface area contributed by atoms with Gasteiger partial charge in [-0.05, 0) is 49.3 Å². The maximum Gasteiger partial charge on any atom is 0.414 e. The maximum absolute atomic E-state index is 13.0. The number of rotatable bonds is 7. The molecule has 210 valence electrons. The van der Waals surface area contributed by atoms with Gasteiger partial charge in [0.1, 0.15) is 23.3 Å². The summed E-state index contributed by atoms with van der Waals surface area (Å²) in [7, 11) is 3.54. The first-order valence-electron chi connectivity index (χ1n) is 14.4. The van der Waals surface area contributed by atoms with E-state index < -0.39 is 0 Å². The van der Waals surface area contributed by atoms with Crippen LogP contribution in [0.5, 0.6) is 0 Å². The highest BCUT2D eigenvalue weighted by Gasteiger charge is 2.57. The zero-order chi connectivity index (χ0) is 27.6. The molecule has 11 nitrogen and oxygen atoms in total. The Balaban J connectivity index is 1.06. The number of hydrogen-bond acceptors (Lipinski definition) is 8. The Morgan fingerprint density at radius 1 is 1.20 bits per heavy atom. The molecule has 7 rings (SSSR count). The first kappa shape index (κ1) is 25.3. The third-order valence-corrected chi connectivity index (χ3v) is 9.53. The first-order valence-corrected chi connectivity index (χ1v) is 14.4. The van der Waals surface area contributed by atoms with E-state index in [1.165, 1.54) is 12.8 Å². The largest absolute Gasteiger partial charge is 0.444 e. The molecule has 0 spiro atoms. The van der Waals surface area contributed by atoms with Crippen molar-refractivity contribution in [3.63, 3.8) is 0 Å². The average Bonchev–Trinajstić information content (AvgIpc) is 3.68. The highest BCUT2D eigenvalue weighted by Crippen LogP contribution is 2.52. The zero-order valence-electron chi connectivity index (χ0n) is 23.3. The van der Waals surface area contributed by atoms with E-state index in [-0.39, 0.29) is 24.1 Å². The molecule has 2 N–H and O–H groups in total. The molecule has 2 saturated heterocycles. The number of nitrogens with zero attached hydrogens (tertiary/aromatic N) is 6. The highest BCUT2D eigenvalue weighted by atomic mass is 16.6. The van der Waals surface area contributed by atoms with Crippen molar-refractivity contribution in [1.29, 1.82) is 0 Å². The van der Waals surface area contributed by atoms with Crippen molar-refractivity contribution in [2.24, 2.45) is 5.41 Å². The standard InChI is InChI=1S/C29H36N8O3/c1-29-11-10-22(29)32-23(29)13-20-16-36(28(39)40-20)19-8-9-24(30-15-19)33-27-31-14-17-12-21(26(38)35(2)3)37(25(17)34-27)18-6-4-5-7-18/h8-9,12,14-15,18,20,22-23,32H,4-7,10-11,13,16H2,1-3H3,(H,30,31,33,34). The van der Waals surface area contributed by atoms with Crippen LogP contribution in [0.2, 0.25) is 0 Å². The molecule has 2 aliphatic carbocycles. The average molecular weight is 545 g/mol. The van der Waals surface area contributed by atoms with Gasteiger partial charge in [-0.1, -0.05) is 19.8 Å². The van der Waals surface area contributed by atoms with Gasteiger partial charge in [0.2, 0.25) is 5.95 Å². The molecule has 4 fully saturated rings. The van der Waals surface area contributed by atoms with E-state index in [0.29, 0.717) is 47.2 Å². The van der Waals surface area contributed by atoms with Crippen molar-refractivity contribution in [3.8, 4) is 0 Å². The minimum atomic E-state index is -0.327. The molecule has 3 aromatic heterocycles. The Kier molecular flexibility index (Phi) is 5.95. The number of nitrogens with one attached hydrogen (secondary N) is 2. The smallest absolute Gasteiger partial charge is 0.414 e. The molecule has 2 saturated carbocycles. The molecule has 3 aromatic rings. The van der Waals surface area contributed by atoms with Crippen LogP contribution in [0, 0.1) is 5.41 Å². The monoisotopic (exact) mass is 544 g/mol. The lowest BCUT2D eigenvalue weighted by Gasteiger charge is -2.63. The predicted molar refractivity (Wildman–Crippen MR) is 151 cm³/mol. The van der Waals surface area contributed by atoms with Gasteiger partial charge in [0.05, 0.1) is 18.4 Å². The van der Waals surface area contributed by atoms with E-state index >= 15 is 0 Å². The van der Waals surface area contributed by atoms with Gasteiger partial charge < -0.3 is 24.8 Å². The zero-order valence-corrected chi connectivity index (χ0v) is 23.3. The normalized spacial score (nSPS) is 27.7. The van der Waals surface area contributed by atoms with Crippen LogP contribution in [-0.4, -0.2) is 75.2 Å². The number of ether oxygens (including phenoxy) is 1. The summed E-state index contributed by atoms with van der Waals surface area (Å²) in [5.74, 6) is 0.938. The van der Waals surface area contributed by atoms with Crippen molar-refractivity contribution in [1.82, 2.24) is 29.7 Å². The van der Waals surface area contributed by atoms with Gasteiger partial charge in [-0.15, -0.1) is 0 Å². The second-order valence-electron chi connectivity index (χ2n) is 12.2. The number of amides is 2. The Labute approximate surface area is 233 Å². The summed E-state index contributed by atoms with van der Waals surface area (Å²) in [6, 6.07) is 6.86. The SMILES string of the molecule is CN(C)C(=O)c1cc2cnc(Nc3ccc(N4CC(CC5NC6CCC65C)OC4=O)cn3)nc2n1C1CCCC1. The van der Waals surface area contributed by atoms with E-state index in [2.05, 4.69) is 32.1 Å². The molecule has 5 heterocycles. The molecule has 4 atom stereocenters. The number of carbonyl (C=O) groups excluding carboxylic acids is 2. The second kappa shape index (κ2) is 9.43. The van der Waals surface area contributed by atoms with Crippen LogP contribution in [0.3, 0.4) is 0 Å². The van der Waals surface area contributed by atoms with E-state index in [0.717, 1.165) is 43.1 Å². The number of fused-ring (bicyclic) bond motifs is 2. The predicted octanol–water partition coefficient (Wildman–Crippen LogP) is 4.24. The maximum atomic E-state index is 13.0. The number of carbonyl (C=O) groups is 2. The van der Waals surface area contributed by atoms with Gasteiger partial charge in [0.15, 0.2) is 0 Å². The van der Waals surface area contributed by atoms with Gasteiger partial charge in [-0.2, -0.15) is 4.98 Å². The molecular formula is C29H36N8O3. The number of hydrogen-bond donors (Lipinski definition) is 2. The fourth-order valence-electron chi connectivity index (χ4n) is 6.96. The van der Waals surface area contributed by atoms with Crippen LogP contribution in [0.1, 0.15) is 68.4 Å². The van der Waals surface area contributed by atoms with Gasteiger partial charge in [0, 0.05) is 50.2 Å². The minimum absolute atomic E-state index is 0.0373. The lowest BCUT2D eigenvalue weighted by molar-refractivity contribution is -0.0768. The fourth-order valence-corrected chi connectivity index (χ4v) is 6.96. The molecule has 0 bridgehead atoms. The summed E-state index contributed by atoms with van der Waals surface area (Å²) >= 11 is 0. The Morgan fingerprint density at radius 3 is 2.67 bits per heavy atom. The third-order valence-electron chi connectivity index (χ3n) is 9.53. The molecule has 40 heavy (non-hydrogen) atoms. The Bertz CT molecular complexity index is 1460. The lowest BCUT2D eigenvalue weighted by atomic mass is 9.54. The van der Waals surface area contributed by atoms with Gasteiger partial charge in [-0.3, -0.25) is 9.69 Å². The number of piperidine rings is 1. The van der Waals surface area contributed by atoms with Crippen molar-refractivity contribution in [2.75, 3.05) is 30.9 Å². The van der Waals surface area contributed by atoms with Crippen molar-refractivity contribution < 1.29 is 14.3 Å². The molecule has 4 unspecified atom stereocenters. The van der Waals surface area contributed by atoms with Crippen LogP contribution < -0.4 is 15.5 Å². The Hall–Kier alpha value is -3.73. The van der Waals surface area contributed by atoms with Gasteiger partial charge in [-0.25, -0.2) is 14.8 Å². The van der Waals surface area contributed by atoms with Crippen LogP contribution in [0.4, 0.5) is 22.2 Å².